The highest BCUT2D eigenvalue weighted by Gasteiger charge is 1.98. The summed E-state index contributed by atoms with van der Waals surface area (Å²) in [6.45, 7) is 4.22. The van der Waals surface area contributed by atoms with Crippen molar-refractivity contribution in [1.82, 2.24) is 5.32 Å². The first-order valence-electron chi connectivity index (χ1n) is 4.16. The van der Waals surface area contributed by atoms with Gasteiger partial charge in [-0.2, -0.15) is 0 Å². The molecule has 1 aromatic rings. The van der Waals surface area contributed by atoms with Crippen LogP contribution in [-0.2, 0) is 0 Å². The highest BCUT2D eigenvalue weighted by Crippen LogP contribution is 2.13. The number of allylic oxidation sites excluding steroid dienone is 1. The van der Waals surface area contributed by atoms with Gasteiger partial charge in [0.05, 0.1) is 0 Å². The van der Waals surface area contributed by atoms with E-state index in [1.165, 1.54) is 16.8 Å². The first kappa shape index (κ1) is 8.85. The number of benzene rings is 1. The largest absolute Gasteiger partial charge is 0.388 e. The number of hydrogen-bond acceptors (Lipinski definition) is 1. The van der Waals surface area contributed by atoms with Gasteiger partial charge in [0.15, 0.2) is 0 Å². The van der Waals surface area contributed by atoms with Crippen LogP contribution in [-0.4, -0.2) is 7.05 Å². The maximum absolute atomic E-state index is 3.20. The highest BCUT2D eigenvalue weighted by molar-refractivity contribution is 5.65. The summed E-state index contributed by atoms with van der Waals surface area (Å²) in [5.41, 5.74) is 3.78. The molecule has 0 aliphatic rings. The van der Waals surface area contributed by atoms with Crippen LogP contribution in [0.3, 0.4) is 0 Å². The molecular weight excluding hydrogens is 146 g/mol. The summed E-state index contributed by atoms with van der Waals surface area (Å²) in [6, 6.07) is 10.4. The van der Waals surface area contributed by atoms with Gasteiger partial charge in [-0.15, -0.1) is 0 Å². The van der Waals surface area contributed by atoms with Gasteiger partial charge < -0.3 is 5.32 Å². The molecule has 0 aromatic heterocycles. The third kappa shape index (κ3) is 1.88. The Kier molecular flexibility index (Phi) is 2.92. The second-order valence-electron chi connectivity index (χ2n) is 2.99. The molecule has 1 aromatic carbocycles. The van der Waals surface area contributed by atoms with Crippen molar-refractivity contribution in [2.45, 2.75) is 13.8 Å². The molecular formula is C11H15N. The minimum Gasteiger partial charge on any atom is -0.388 e. The van der Waals surface area contributed by atoms with Crippen LogP contribution in [0.2, 0.25) is 0 Å². The van der Waals surface area contributed by atoms with E-state index in [4.69, 9.17) is 0 Å². The zero-order valence-corrected chi connectivity index (χ0v) is 7.89. The molecule has 0 amide bonds. The summed E-state index contributed by atoms with van der Waals surface area (Å²) in [5, 5.41) is 3.20. The quantitative estimate of drug-likeness (QED) is 0.703. The molecule has 0 heterocycles. The van der Waals surface area contributed by atoms with Gasteiger partial charge in [-0.3, -0.25) is 0 Å². The Morgan fingerprint density at radius 2 is 1.67 bits per heavy atom. The van der Waals surface area contributed by atoms with Crippen molar-refractivity contribution in [2.24, 2.45) is 0 Å². The minimum atomic E-state index is 1.22. The van der Waals surface area contributed by atoms with Crippen molar-refractivity contribution in [3.05, 3.63) is 41.5 Å². The molecule has 0 unspecified atom stereocenters. The molecule has 12 heavy (non-hydrogen) atoms. The SMILES string of the molecule is CNC(=C(C)C)c1ccccc1. The average Bonchev–Trinajstić information content (AvgIpc) is 2.07. The van der Waals surface area contributed by atoms with Crippen LogP contribution < -0.4 is 5.32 Å². The molecule has 1 N–H and O–H groups in total. The first-order valence-corrected chi connectivity index (χ1v) is 4.16. The Bertz CT molecular complexity index is 268. The Morgan fingerprint density at radius 3 is 2.08 bits per heavy atom. The first-order chi connectivity index (χ1) is 5.75. The van der Waals surface area contributed by atoms with Crippen molar-refractivity contribution < 1.29 is 0 Å². The molecule has 0 atom stereocenters. The van der Waals surface area contributed by atoms with Crippen LogP contribution in [0.4, 0.5) is 0 Å². The monoisotopic (exact) mass is 161 g/mol. The predicted molar refractivity (Wildman–Crippen MR) is 53.8 cm³/mol. The molecule has 64 valence electrons. The Morgan fingerprint density at radius 1 is 1.08 bits per heavy atom. The molecule has 1 rings (SSSR count). The third-order valence-electron chi connectivity index (χ3n) is 1.81. The van der Waals surface area contributed by atoms with Crippen LogP contribution in [0, 0.1) is 0 Å². The molecule has 1 heteroatoms. The molecule has 0 aliphatic heterocycles. The van der Waals surface area contributed by atoms with E-state index < -0.39 is 0 Å². The van der Waals surface area contributed by atoms with Crippen molar-refractivity contribution in [2.75, 3.05) is 7.05 Å². The van der Waals surface area contributed by atoms with Gasteiger partial charge in [0, 0.05) is 12.7 Å². The summed E-state index contributed by atoms with van der Waals surface area (Å²) in [4.78, 5) is 0. The van der Waals surface area contributed by atoms with E-state index in [1.807, 2.05) is 13.1 Å². The van der Waals surface area contributed by atoms with Gasteiger partial charge in [-0.25, -0.2) is 0 Å². The summed E-state index contributed by atoms with van der Waals surface area (Å²) < 4.78 is 0. The second-order valence-corrected chi connectivity index (χ2v) is 2.99. The molecule has 0 saturated heterocycles. The maximum atomic E-state index is 3.20. The Labute approximate surface area is 74.1 Å². The van der Waals surface area contributed by atoms with Crippen LogP contribution in [0.15, 0.2) is 35.9 Å². The molecule has 0 radical (unpaired) electrons. The standard InChI is InChI=1S/C11H15N/c1-9(2)11(12-3)10-7-5-4-6-8-10/h4-8,12H,1-3H3. The van der Waals surface area contributed by atoms with E-state index in [1.54, 1.807) is 0 Å². The van der Waals surface area contributed by atoms with Crippen molar-refractivity contribution >= 4 is 5.70 Å². The highest BCUT2D eigenvalue weighted by atomic mass is 14.8. The van der Waals surface area contributed by atoms with Gasteiger partial charge in [0.1, 0.15) is 0 Å². The van der Waals surface area contributed by atoms with E-state index in [0.717, 1.165) is 0 Å². The number of rotatable bonds is 2. The summed E-state index contributed by atoms with van der Waals surface area (Å²) >= 11 is 0. The smallest absolute Gasteiger partial charge is 0.0397 e. The van der Waals surface area contributed by atoms with Gasteiger partial charge >= 0.3 is 0 Å². The zero-order chi connectivity index (χ0) is 8.97. The average molecular weight is 161 g/mol. The normalized spacial score (nSPS) is 9.25. The van der Waals surface area contributed by atoms with Crippen LogP contribution >= 0.6 is 0 Å². The van der Waals surface area contributed by atoms with E-state index in [9.17, 15) is 0 Å². The van der Waals surface area contributed by atoms with E-state index >= 15 is 0 Å². The van der Waals surface area contributed by atoms with Crippen molar-refractivity contribution in [1.29, 1.82) is 0 Å². The lowest BCUT2D eigenvalue weighted by atomic mass is 10.1. The Hall–Kier alpha value is -1.24. The fourth-order valence-electron chi connectivity index (χ4n) is 1.29. The van der Waals surface area contributed by atoms with Gasteiger partial charge in [-0.05, 0) is 19.4 Å². The van der Waals surface area contributed by atoms with E-state index in [2.05, 4.69) is 43.4 Å². The lowest BCUT2D eigenvalue weighted by Crippen LogP contribution is -2.05. The van der Waals surface area contributed by atoms with Crippen LogP contribution in [0.25, 0.3) is 5.70 Å². The van der Waals surface area contributed by atoms with Crippen molar-refractivity contribution in [3.63, 3.8) is 0 Å². The lowest BCUT2D eigenvalue weighted by molar-refractivity contribution is 1.10. The molecule has 1 nitrogen and oxygen atoms in total. The van der Waals surface area contributed by atoms with Crippen LogP contribution in [0.5, 0.6) is 0 Å². The molecule has 0 saturated carbocycles. The minimum absolute atomic E-state index is 1.22. The van der Waals surface area contributed by atoms with Crippen molar-refractivity contribution in [3.8, 4) is 0 Å². The molecule has 0 fully saturated rings. The van der Waals surface area contributed by atoms with Crippen LogP contribution in [0.1, 0.15) is 19.4 Å². The fourth-order valence-corrected chi connectivity index (χ4v) is 1.29. The van der Waals surface area contributed by atoms with Gasteiger partial charge in [0.2, 0.25) is 0 Å². The van der Waals surface area contributed by atoms with Gasteiger partial charge in [0.25, 0.3) is 0 Å². The third-order valence-corrected chi connectivity index (χ3v) is 1.81. The number of nitrogens with one attached hydrogen (secondary N) is 1. The van der Waals surface area contributed by atoms with Gasteiger partial charge in [-0.1, -0.05) is 35.9 Å². The molecule has 0 aliphatic carbocycles. The predicted octanol–water partition coefficient (Wildman–Crippen LogP) is 2.66. The Balaban J connectivity index is 3.05. The lowest BCUT2D eigenvalue weighted by Gasteiger charge is -2.08. The summed E-state index contributed by atoms with van der Waals surface area (Å²) in [7, 11) is 1.95. The summed E-state index contributed by atoms with van der Waals surface area (Å²) in [5.74, 6) is 0. The maximum Gasteiger partial charge on any atom is 0.0397 e. The van der Waals surface area contributed by atoms with E-state index in [-0.39, 0.29) is 0 Å². The summed E-state index contributed by atoms with van der Waals surface area (Å²) in [6.07, 6.45) is 0. The number of hydrogen-bond donors (Lipinski definition) is 1. The zero-order valence-electron chi connectivity index (χ0n) is 7.89. The fraction of sp³-hybridized carbons (Fsp3) is 0.273. The molecule has 0 spiro atoms. The van der Waals surface area contributed by atoms with E-state index in [0.29, 0.717) is 0 Å². The topological polar surface area (TPSA) is 12.0 Å². The second kappa shape index (κ2) is 3.96. The molecule has 0 bridgehead atoms.